The van der Waals surface area contributed by atoms with Gasteiger partial charge in [0.25, 0.3) is 5.91 Å². The van der Waals surface area contributed by atoms with Crippen molar-refractivity contribution in [3.05, 3.63) is 82.9 Å². The molecule has 2 heterocycles. The summed E-state index contributed by atoms with van der Waals surface area (Å²) in [5.74, 6) is -0.211. The predicted octanol–water partition coefficient (Wildman–Crippen LogP) is 4.72. The van der Waals surface area contributed by atoms with E-state index in [2.05, 4.69) is 20.6 Å². The first-order chi connectivity index (χ1) is 15.6. The van der Waals surface area contributed by atoms with Crippen molar-refractivity contribution < 1.29 is 14.3 Å². The SMILES string of the molecule is Cc1ccc(CNC(=O)c2cc(CNC(=O)OC(C)(C)C)cc(-c3cnccc3C)c2)cn1. The number of nitrogens with one attached hydrogen (secondary N) is 2. The van der Waals surface area contributed by atoms with E-state index in [4.69, 9.17) is 4.74 Å². The maximum absolute atomic E-state index is 13.0. The lowest BCUT2D eigenvalue weighted by Gasteiger charge is -2.20. The Kier molecular flexibility index (Phi) is 7.43. The number of carbonyl (C=O) groups is 2. The van der Waals surface area contributed by atoms with Crippen molar-refractivity contribution in [1.82, 2.24) is 20.6 Å². The highest BCUT2D eigenvalue weighted by Crippen LogP contribution is 2.25. The summed E-state index contributed by atoms with van der Waals surface area (Å²) in [5, 5.41) is 5.71. The van der Waals surface area contributed by atoms with Gasteiger partial charge >= 0.3 is 6.09 Å². The first-order valence-electron chi connectivity index (χ1n) is 10.8. The Hall–Kier alpha value is -3.74. The number of pyridine rings is 2. The number of carbonyl (C=O) groups excluding carboxylic acids is 2. The van der Waals surface area contributed by atoms with Gasteiger partial charge in [0.05, 0.1) is 0 Å². The molecule has 0 spiro atoms. The Bertz CT molecular complexity index is 1140. The highest BCUT2D eigenvalue weighted by Gasteiger charge is 2.17. The molecule has 3 rings (SSSR count). The molecule has 172 valence electrons. The molecule has 0 aliphatic rings. The van der Waals surface area contributed by atoms with Crippen LogP contribution in [0.25, 0.3) is 11.1 Å². The van der Waals surface area contributed by atoms with Crippen LogP contribution in [0.1, 0.15) is 53.5 Å². The molecule has 0 saturated carbocycles. The maximum Gasteiger partial charge on any atom is 0.407 e. The highest BCUT2D eigenvalue weighted by atomic mass is 16.6. The molecule has 2 N–H and O–H groups in total. The lowest BCUT2D eigenvalue weighted by molar-refractivity contribution is 0.0523. The molecule has 0 saturated heterocycles. The summed E-state index contributed by atoms with van der Waals surface area (Å²) in [7, 11) is 0. The second-order valence-electron chi connectivity index (χ2n) is 8.96. The van der Waals surface area contributed by atoms with Gasteiger partial charge in [-0.15, -0.1) is 0 Å². The van der Waals surface area contributed by atoms with Crippen LogP contribution in [0.2, 0.25) is 0 Å². The van der Waals surface area contributed by atoms with Gasteiger partial charge in [-0.2, -0.15) is 0 Å². The van der Waals surface area contributed by atoms with Crippen molar-refractivity contribution in [2.75, 3.05) is 0 Å². The summed E-state index contributed by atoms with van der Waals surface area (Å²) in [6.07, 6.45) is 4.75. The van der Waals surface area contributed by atoms with E-state index in [-0.39, 0.29) is 12.5 Å². The third-order valence-electron chi connectivity index (χ3n) is 4.87. The molecule has 0 unspecified atom stereocenters. The van der Waals surface area contributed by atoms with Crippen molar-refractivity contribution in [3.63, 3.8) is 0 Å². The summed E-state index contributed by atoms with van der Waals surface area (Å²) < 4.78 is 5.32. The minimum Gasteiger partial charge on any atom is -0.444 e. The zero-order valence-corrected chi connectivity index (χ0v) is 19.7. The second kappa shape index (κ2) is 10.3. The van der Waals surface area contributed by atoms with Crippen LogP contribution in [0.4, 0.5) is 4.79 Å². The third-order valence-corrected chi connectivity index (χ3v) is 4.87. The van der Waals surface area contributed by atoms with Gasteiger partial charge in [-0.05, 0) is 87.2 Å². The Morgan fingerprint density at radius 1 is 0.939 bits per heavy atom. The number of aryl methyl sites for hydroxylation is 2. The Labute approximate surface area is 194 Å². The number of amides is 2. The summed E-state index contributed by atoms with van der Waals surface area (Å²) in [6, 6.07) is 11.3. The number of aromatic nitrogens is 2. The van der Waals surface area contributed by atoms with Crippen molar-refractivity contribution in [2.45, 2.75) is 53.3 Å². The quantitative estimate of drug-likeness (QED) is 0.572. The van der Waals surface area contributed by atoms with Gasteiger partial charge in [0, 0.05) is 48.5 Å². The molecule has 0 aliphatic carbocycles. The topological polar surface area (TPSA) is 93.2 Å². The van der Waals surface area contributed by atoms with Crippen LogP contribution in [0.5, 0.6) is 0 Å². The molecule has 2 amide bonds. The molecular weight excluding hydrogens is 416 g/mol. The number of ether oxygens (including phenoxy) is 1. The first kappa shape index (κ1) is 23.9. The van der Waals surface area contributed by atoms with Gasteiger partial charge in [0.15, 0.2) is 0 Å². The van der Waals surface area contributed by atoms with E-state index in [0.29, 0.717) is 12.1 Å². The lowest BCUT2D eigenvalue weighted by Crippen LogP contribution is -2.32. The Morgan fingerprint density at radius 3 is 2.36 bits per heavy atom. The molecule has 0 fully saturated rings. The van der Waals surface area contributed by atoms with Crippen molar-refractivity contribution in [1.29, 1.82) is 0 Å². The smallest absolute Gasteiger partial charge is 0.407 e. The molecule has 2 aromatic heterocycles. The van der Waals surface area contributed by atoms with Crippen LogP contribution in [-0.4, -0.2) is 27.6 Å². The summed E-state index contributed by atoms with van der Waals surface area (Å²) in [6.45, 7) is 9.94. The van der Waals surface area contributed by atoms with Crippen LogP contribution < -0.4 is 10.6 Å². The summed E-state index contributed by atoms with van der Waals surface area (Å²) in [4.78, 5) is 33.6. The molecule has 0 aliphatic heterocycles. The highest BCUT2D eigenvalue weighted by molar-refractivity contribution is 5.95. The molecule has 7 nitrogen and oxygen atoms in total. The second-order valence-corrected chi connectivity index (χ2v) is 8.96. The average Bonchev–Trinajstić information content (AvgIpc) is 2.76. The van der Waals surface area contributed by atoms with E-state index in [0.717, 1.165) is 33.5 Å². The standard InChI is InChI=1S/C26H30N4O3/c1-17-8-9-27-16-23(17)21-10-20(15-30-25(32)33-26(3,4)5)11-22(12-21)24(31)29-14-19-7-6-18(2)28-13-19/h6-13,16H,14-15H2,1-5H3,(H,29,31)(H,30,32). The van der Waals surface area contributed by atoms with E-state index in [1.54, 1.807) is 24.7 Å². The molecule has 0 bridgehead atoms. The van der Waals surface area contributed by atoms with Gasteiger partial charge in [-0.1, -0.05) is 6.07 Å². The van der Waals surface area contributed by atoms with Gasteiger partial charge in [-0.25, -0.2) is 4.79 Å². The minimum absolute atomic E-state index is 0.211. The van der Waals surface area contributed by atoms with Crippen LogP contribution >= 0.6 is 0 Å². The first-order valence-corrected chi connectivity index (χ1v) is 10.8. The molecule has 0 atom stereocenters. The Morgan fingerprint density at radius 2 is 1.70 bits per heavy atom. The van der Waals surface area contributed by atoms with E-state index >= 15 is 0 Å². The normalized spacial score (nSPS) is 11.1. The predicted molar refractivity (Wildman–Crippen MR) is 128 cm³/mol. The largest absolute Gasteiger partial charge is 0.444 e. The molecule has 1 aromatic carbocycles. The van der Waals surface area contributed by atoms with E-state index in [9.17, 15) is 9.59 Å². The number of hydrogen-bond donors (Lipinski definition) is 2. The fourth-order valence-electron chi connectivity index (χ4n) is 3.22. The maximum atomic E-state index is 13.0. The summed E-state index contributed by atoms with van der Waals surface area (Å²) in [5.41, 5.74) is 5.35. The lowest BCUT2D eigenvalue weighted by atomic mass is 9.97. The third kappa shape index (κ3) is 7.14. The number of benzene rings is 1. The number of nitrogens with zero attached hydrogens (tertiary/aromatic N) is 2. The number of hydrogen-bond acceptors (Lipinski definition) is 5. The molecule has 0 radical (unpaired) electrons. The van der Waals surface area contributed by atoms with Gasteiger partial charge in [0.1, 0.15) is 5.60 Å². The minimum atomic E-state index is -0.589. The zero-order valence-electron chi connectivity index (χ0n) is 19.7. The Balaban J connectivity index is 1.83. The molecule has 3 aromatic rings. The monoisotopic (exact) mass is 446 g/mol. The molecular formula is C26H30N4O3. The van der Waals surface area contributed by atoms with Gasteiger partial charge in [-0.3, -0.25) is 14.8 Å². The van der Waals surface area contributed by atoms with Crippen LogP contribution in [0.3, 0.4) is 0 Å². The van der Waals surface area contributed by atoms with Gasteiger partial charge in [0.2, 0.25) is 0 Å². The fourth-order valence-corrected chi connectivity index (χ4v) is 3.22. The molecule has 7 heteroatoms. The van der Waals surface area contributed by atoms with Crippen LogP contribution in [0.15, 0.2) is 55.0 Å². The zero-order chi connectivity index (χ0) is 24.0. The van der Waals surface area contributed by atoms with Crippen molar-refractivity contribution in [3.8, 4) is 11.1 Å². The van der Waals surface area contributed by atoms with Crippen molar-refractivity contribution >= 4 is 12.0 Å². The fraction of sp³-hybridized carbons (Fsp3) is 0.308. The van der Waals surface area contributed by atoms with Crippen LogP contribution in [-0.2, 0) is 17.8 Å². The van der Waals surface area contributed by atoms with Crippen LogP contribution in [0, 0.1) is 13.8 Å². The van der Waals surface area contributed by atoms with E-state index in [1.807, 2.05) is 65.0 Å². The number of rotatable bonds is 6. The summed E-state index contributed by atoms with van der Waals surface area (Å²) >= 11 is 0. The van der Waals surface area contributed by atoms with Crippen molar-refractivity contribution in [2.24, 2.45) is 0 Å². The number of alkyl carbamates (subject to hydrolysis) is 1. The van der Waals surface area contributed by atoms with E-state index < -0.39 is 11.7 Å². The average molecular weight is 447 g/mol. The molecule has 33 heavy (non-hydrogen) atoms. The van der Waals surface area contributed by atoms with Gasteiger partial charge < -0.3 is 15.4 Å². The van der Waals surface area contributed by atoms with E-state index in [1.165, 1.54) is 0 Å².